The summed E-state index contributed by atoms with van der Waals surface area (Å²) in [5.41, 5.74) is 1.70. The Bertz CT molecular complexity index is 1070. The molecule has 158 valence electrons. The van der Waals surface area contributed by atoms with Crippen molar-refractivity contribution < 1.29 is 14.2 Å². The molecule has 0 aliphatic carbocycles. The van der Waals surface area contributed by atoms with Crippen LogP contribution in [0.5, 0.6) is 5.75 Å². The number of hydrogen-bond donors (Lipinski definition) is 3. The van der Waals surface area contributed by atoms with Gasteiger partial charge >= 0.3 is 0 Å². The number of rotatable bonds is 8. The van der Waals surface area contributed by atoms with Gasteiger partial charge in [0.25, 0.3) is 5.56 Å². The fraction of sp³-hybridized carbons (Fsp3) is 0.273. The molecule has 0 saturated carbocycles. The lowest BCUT2D eigenvalue weighted by molar-refractivity contribution is 0.265. The van der Waals surface area contributed by atoms with Crippen molar-refractivity contribution in [2.75, 3.05) is 25.1 Å². The standard InChI is InChI=1S/C22H24FN3O3S/c1-2-29-19-8-9-20-15(13-19)12-16(21(28)25-20)14-26(10-3-11-27)22(30)24-18-6-4-17(23)5-7-18/h4-9,12-13,27H,2-3,10-11,14H2,1H3,(H,24,30)(H,25,28). The van der Waals surface area contributed by atoms with Crippen LogP contribution >= 0.6 is 12.2 Å². The summed E-state index contributed by atoms with van der Waals surface area (Å²) in [6.07, 6.45) is 0.491. The van der Waals surface area contributed by atoms with Gasteiger partial charge in [-0.05, 0) is 74.1 Å². The van der Waals surface area contributed by atoms with Crippen molar-refractivity contribution in [3.8, 4) is 5.75 Å². The van der Waals surface area contributed by atoms with Gasteiger partial charge in [-0.1, -0.05) is 0 Å². The summed E-state index contributed by atoms with van der Waals surface area (Å²) >= 11 is 5.50. The molecule has 1 aromatic heterocycles. The van der Waals surface area contributed by atoms with Crippen molar-refractivity contribution >= 4 is 33.9 Å². The number of aliphatic hydroxyl groups is 1. The van der Waals surface area contributed by atoms with E-state index < -0.39 is 0 Å². The first-order valence-electron chi connectivity index (χ1n) is 9.71. The van der Waals surface area contributed by atoms with Crippen LogP contribution in [-0.2, 0) is 6.54 Å². The second kappa shape index (κ2) is 10.2. The van der Waals surface area contributed by atoms with Gasteiger partial charge < -0.3 is 25.0 Å². The number of nitrogens with one attached hydrogen (secondary N) is 2. The number of halogens is 1. The molecule has 2 aromatic carbocycles. The van der Waals surface area contributed by atoms with E-state index in [0.717, 1.165) is 16.7 Å². The predicted octanol–water partition coefficient (Wildman–Crippen LogP) is 3.65. The van der Waals surface area contributed by atoms with Crippen LogP contribution in [0.25, 0.3) is 10.9 Å². The molecular formula is C22H24FN3O3S. The number of nitrogens with zero attached hydrogens (tertiary/aromatic N) is 1. The second-order valence-corrected chi connectivity index (χ2v) is 7.13. The Morgan fingerprint density at radius 2 is 2.00 bits per heavy atom. The highest BCUT2D eigenvalue weighted by Gasteiger charge is 2.14. The van der Waals surface area contributed by atoms with Gasteiger partial charge in [0.2, 0.25) is 0 Å². The molecule has 3 N–H and O–H groups in total. The van der Waals surface area contributed by atoms with Crippen LogP contribution in [-0.4, -0.2) is 39.9 Å². The van der Waals surface area contributed by atoms with Crippen molar-refractivity contribution in [2.45, 2.75) is 19.9 Å². The third-order valence-electron chi connectivity index (χ3n) is 4.53. The number of thiocarbonyl (C=S) groups is 1. The van der Waals surface area contributed by atoms with Crippen LogP contribution in [0.2, 0.25) is 0 Å². The van der Waals surface area contributed by atoms with Gasteiger partial charge in [0, 0.05) is 35.3 Å². The van der Waals surface area contributed by atoms with E-state index in [1.807, 2.05) is 31.2 Å². The summed E-state index contributed by atoms with van der Waals surface area (Å²) in [6.45, 7) is 3.19. The maximum absolute atomic E-state index is 13.1. The average molecular weight is 430 g/mol. The molecule has 0 unspecified atom stereocenters. The minimum Gasteiger partial charge on any atom is -0.494 e. The Hall–Kier alpha value is -2.97. The molecule has 0 aliphatic rings. The average Bonchev–Trinajstić information content (AvgIpc) is 2.73. The predicted molar refractivity (Wildman–Crippen MR) is 120 cm³/mol. The van der Waals surface area contributed by atoms with Crippen molar-refractivity contribution in [2.24, 2.45) is 0 Å². The molecule has 1 heterocycles. The lowest BCUT2D eigenvalue weighted by Gasteiger charge is -2.25. The number of aromatic nitrogens is 1. The van der Waals surface area contributed by atoms with Gasteiger partial charge in [0.1, 0.15) is 11.6 Å². The molecule has 0 bridgehead atoms. The summed E-state index contributed by atoms with van der Waals surface area (Å²) in [5, 5.41) is 13.5. The summed E-state index contributed by atoms with van der Waals surface area (Å²) < 4.78 is 18.7. The highest BCUT2D eigenvalue weighted by Crippen LogP contribution is 2.20. The maximum Gasteiger partial charge on any atom is 0.253 e. The first-order valence-corrected chi connectivity index (χ1v) is 10.1. The zero-order chi connectivity index (χ0) is 21.5. The smallest absolute Gasteiger partial charge is 0.253 e. The fourth-order valence-corrected chi connectivity index (χ4v) is 3.33. The van der Waals surface area contributed by atoms with E-state index in [1.54, 1.807) is 17.0 Å². The Labute approximate surface area is 179 Å². The SMILES string of the molecule is CCOc1ccc2[nH]c(=O)c(CN(CCCO)C(=S)Nc3ccc(F)cc3)cc2c1. The quantitative estimate of drug-likeness (QED) is 0.475. The number of pyridine rings is 1. The molecule has 6 nitrogen and oxygen atoms in total. The van der Waals surface area contributed by atoms with E-state index >= 15 is 0 Å². The van der Waals surface area contributed by atoms with E-state index in [2.05, 4.69) is 10.3 Å². The Morgan fingerprint density at radius 1 is 1.23 bits per heavy atom. The van der Waals surface area contributed by atoms with Gasteiger partial charge in [-0.3, -0.25) is 4.79 Å². The van der Waals surface area contributed by atoms with Gasteiger partial charge in [0.05, 0.1) is 13.2 Å². The molecule has 3 aromatic rings. The number of H-pyrrole nitrogens is 1. The number of aliphatic hydroxyl groups excluding tert-OH is 1. The lowest BCUT2D eigenvalue weighted by atomic mass is 10.1. The minimum atomic E-state index is -0.335. The van der Waals surface area contributed by atoms with Gasteiger partial charge in [0.15, 0.2) is 5.11 Å². The highest BCUT2D eigenvalue weighted by molar-refractivity contribution is 7.80. The summed E-state index contributed by atoms with van der Waals surface area (Å²) in [4.78, 5) is 17.3. The van der Waals surface area contributed by atoms with Crippen LogP contribution in [0.15, 0.2) is 53.3 Å². The molecule has 0 saturated heterocycles. The summed E-state index contributed by atoms with van der Waals surface area (Å²) in [7, 11) is 0. The van der Waals surface area contributed by atoms with Crippen molar-refractivity contribution in [3.63, 3.8) is 0 Å². The van der Waals surface area contributed by atoms with E-state index in [4.69, 9.17) is 17.0 Å². The molecule has 0 atom stereocenters. The molecule has 8 heteroatoms. The zero-order valence-corrected chi connectivity index (χ0v) is 17.5. The van der Waals surface area contributed by atoms with Crippen molar-refractivity contribution in [1.82, 2.24) is 9.88 Å². The second-order valence-electron chi connectivity index (χ2n) is 6.74. The zero-order valence-electron chi connectivity index (χ0n) is 16.7. The van der Waals surface area contributed by atoms with Gasteiger partial charge in [-0.25, -0.2) is 4.39 Å². The molecule has 0 amide bonds. The Morgan fingerprint density at radius 3 is 2.70 bits per heavy atom. The number of fused-ring (bicyclic) bond motifs is 1. The largest absolute Gasteiger partial charge is 0.494 e. The van der Waals surface area contributed by atoms with Crippen LogP contribution in [0.1, 0.15) is 18.9 Å². The van der Waals surface area contributed by atoms with E-state index in [1.165, 1.54) is 12.1 Å². The van der Waals surface area contributed by atoms with Crippen LogP contribution in [0, 0.1) is 5.82 Å². The molecule has 0 fully saturated rings. The molecular weight excluding hydrogens is 405 g/mol. The van der Waals surface area contributed by atoms with Gasteiger partial charge in [-0.15, -0.1) is 0 Å². The Balaban J connectivity index is 1.84. The van der Waals surface area contributed by atoms with E-state index in [-0.39, 0.29) is 24.5 Å². The summed E-state index contributed by atoms with van der Waals surface area (Å²) in [6, 6.07) is 13.2. The first kappa shape index (κ1) is 21.7. The van der Waals surface area contributed by atoms with Crippen LogP contribution in [0.4, 0.5) is 10.1 Å². The third kappa shape index (κ3) is 5.55. The van der Waals surface area contributed by atoms with Crippen molar-refractivity contribution in [1.29, 1.82) is 0 Å². The maximum atomic E-state index is 13.1. The molecule has 0 spiro atoms. The fourth-order valence-electron chi connectivity index (χ4n) is 3.06. The Kier molecular flexibility index (Phi) is 7.37. The lowest BCUT2D eigenvalue weighted by Crippen LogP contribution is -2.37. The van der Waals surface area contributed by atoms with E-state index in [9.17, 15) is 14.3 Å². The van der Waals surface area contributed by atoms with Crippen LogP contribution in [0.3, 0.4) is 0 Å². The number of aromatic amines is 1. The third-order valence-corrected chi connectivity index (χ3v) is 4.89. The number of hydrogen-bond acceptors (Lipinski definition) is 4. The number of benzene rings is 2. The highest BCUT2D eigenvalue weighted by atomic mass is 32.1. The number of ether oxygens (including phenoxy) is 1. The minimum absolute atomic E-state index is 0.00144. The van der Waals surface area contributed by atoms with Crippen LogP contribution < -0.4 is 15.6 Å². The molecule has 0 radical (unpaired) electrons. The topological polar surface area (TPSA) is 77.6 Å². The van der Waals surface area contributed by atoms with Gasteiger partial charge in [-0.2, -0.15) is 0 Å². The van der Waals surface area contributed by atoms with Crippen molar-refractivity contribution in [3.05, 3.63) is 70.3 Å². The normalized spacial score (nSPS) is 10.8. The molecule has 0 aliphatic heterocycles. The first-order chi connectivity index (χ1) is 14.5. The number of anilines is 1. The van der Waals surface area contributed by atoms with E-state index in [0.29, 0.717) is 35.9 Å². The monoisotopic (exact) mass is 429 g/mol. The summed E-state index contributed by atoms with van der Waals surface area (Å²) in [5.74, 6) is 0.395. The molecule has 30 heavy (non-hydrogen) atoms. The molecule has 3 rings (SSSR count).